The van der Waals surface area contributed by atoms with Gasteiger partial charge in [-0.25, -0.2) is 0 Å². The van der Waals surface area contributed by atoms with Crippen molar-refractivity contribution < 1.29 is 0 Å². The van der Waals surface area contributed by atoms with Gasteiger partial charge in [0, 0.05) is 5.40 Å². The van der Waals surface area contributed by atoms with Crippen LogP contribution in [0.4, 0.5) is 0 Å². The molecule has 2 atom stereocenters. The minimum atomic E-state index is 0.851. The first kappa shape index (κ1) is 13.3. The van der Waals surface area contributed by atoms with Crippen molar-refractivity contribution in [1.29, 1.82) is 0 Å². The van der Waals surface area contributed by atoms with Gasteiger partial charge in [0.1, 0.15) is 0 Å². The van der Waals surface area contributed by atoms with Gasteiger partial charge in [-0.05, 0) is 47.1 Å². The molecule has 0 nitrogen and oxygen atoms in total. The number of fused-ring (bicyclic) bond motifs is 1. The Morgan fingerprint density at radius 3 is 2.26 bits per heavy atom. The zero-order chi connectivity index (χ0) is 13.2. The van der Waals surface area contributed by atoms with E-state index in [1.165, 1.54) is 23.1 Å². The normalized spacial score (nSPS) is 20.0. The molecule has 0 fully saturated rings. The topological polar surface area (TPSA) is 0 Å². The van der Waals surface area contributed by atoms with Crippen molar-refractivity contribution in [3.8, 4) is 0 Å². The minimum Gasteiger partial charge on any atom is -0.0817 e. The van der Waals surface area contributed by atoms with Crippen molar-refractivity contribution in [2.75, 3.05) is 0 Å². The van der Waals surface area contributed by atoms with Crippen LogP contribution >= 0.6 is 17.2 Å². The molecule has 2 unspecified atom stereocenters. The van der Waals surface area contributed by atoms with E-state index in [0.29, 0.717) is 0 Å². The Labute approximate surface area is 119 Å². The Morgan fingerprint density at radius 2 is 1.68 bits per heavy atom. The van der Waals surface area contributed by atoms with Crippen molar-refractivity contribution in [3.05, 3.63) is 59.2 Å². The highest BCUT2D eigenvalue weighted by molar-refractivity contribution is 7.71. The van der Waals surface area contributed by atoms with E-state index >= 15 is 0 Å². The highest BCUT2D eigenvalue weighted by Crippen LogP contribution is 2.41. The van der Waals surface area contributed by atoms with Crippen molar-refractivity contribution >= 4 is 27.8 Å². The second-order valence-corrected chi connectivity index (χ2v) is 8.83. The van der Waals surface area contributed by atoms with Gasteiger partial charge in [-0.2, -0.15) is 0 Å². The lowest BCUT2D eigenvalue weighted by atomic mass is 10.0. The molecule has 0 spiro atoms. The smallest absolute Gasteiger partial charge is 0.00607 e. The fourth-order valence-corrected chi connectivity index (χ4v) is 6.71. The van der Waals surface area contributed by atoms with E-state index in [-0.39, 0.29) is 0 Å². The molecule has 0 amide bonds. The van der Waals surface area contributed by atoms with Crippen LogP contribution in [0.3, 0.4) is 0 Å². The average Bonchev–Trinajstić information content (AvgIpc) is 2.81. The highest BCUT2D eigenvalue weighted by Gasteiger charge is 2.20. The Balaban J connectivity index is 1.72. The summed E-state index contributed by atoms with van der Waals surface area (Å²) < 4.78 is 0. The molecule has 0 saturated heterocycles. The average molecular weight is 286 g/mol. The molecule has 1 aliphatic rings. The number of hydrogen-bond acceptors (Lipinski definition) is 0. The molecule has 0 radical (unpaired) electrons. The van der Waals surface area contributed by atoms with Crippen molar-refractivity contribution in [3.63, 3.8) is 0 Å². The van der Waals surface area contributed by atoms with Crippen LogP contribution in [0.15, 0.2) is 42.5 Å². The summed E-state index contributed by atoms with van der Waals surface area (Å²) in [6.07, 6.45) is 2.39. The summed E-state index contributed by atoms with van der Waals surface area (Å²) >= 11 is 0. The largest absolute Gasteiger partial charge is 0.0817 e. The summed E-state index contributed by atoms with van der Waals surface area (Å²) in [5, 5.41) is 4.06. The molecular weight excluding hydrogens is 266 g/mol. The highest BCUT2D eigenvalue weighted by atomic mass is 31.1. The van der Waals surface area contributed by atoms with Crippen LogP contribution in [-0.2, 0) is 12.8 Å². The van der Waals surface area contributed by atoms with Gasteiger partial charge in [-0.15, -0.1) is 0 Å². The molecule has 0 aromatic heterocycles. The van der Waals surface area contributed by atoms with Gasteiger partial charge in [-0.3, -0.25) is 0 Å². The Kier molecular flexibility index (Phi) is 4.01. The predicted octanol–water partition coefficient (Wildman–Crippen LogP) is 3.75. The molecule has 0 N–H and O–H groups in total. The monoisotopic (exact) mass is 286 g/mol. The maximum atomic E-state index is 2.40. The van der Waals surface area contributed by atoms with Crippen LogP contribution in [0.25, 0.3) is 0 Å². The zero-order valence-corrected chi connectivity index (χ0v) is 13.5. The lowest BCUT2D eigenvalue weighted by Crippen LogP contribution is -2.08. The Morgan fingerprint density at radius 1 is 1.00 bits per heavy atom. The molecule has 0 bridgehead atoms. The van der Waals surface area contributed by atoms with Crippen molar-refractivity contribution in [1.82, 2.24) is 0 Å². The van der Waals surface area contributed by atoms with E-state index in [0.717, 1.165) is 29.0 Å². The fourth-order valence-electron chi connectivity index (χ4n) is 2.77. The maximum absolute atomic E-state index is 2.40. The van der Waals surface area contributed by atoms with E-state index in [2.05, 4.69) is 56.3 Å². The van der Waals surface area contributed by atoms with Crippen molar-refractivity contribution in [2.45, 2.75) is 32.1 Å². The van der Waals surface area contributed by atoms with E-state index in [4.69, 9.17) is 0 Å². The molecular formula is C17H20P2. The van der Waals surface area contributed by atoms with E-state index in [1.807, 2.05) is 0 Å². The quantitative estimate of drug-likeness (QED) is 0.754. The molecule has 0 aliphatic carbocycles. The third-order valence-electron chi connectivity index (χ3n) is 3.81. The second-order valence-electron chi connectivity index (χ2n) is 5.21. The molecule has 3 rings (SSSR count). The van der Waals surface area contributed by atoms with E-state index in [9.17, 15) is 0 Å². The third kappa shape index (κ3) is 2.91. The first-order valence-corrected chi connectivity index (χ1v) is 9.12. The van der Waals surface area contributed by atoms with Crippen LogP contribution < -0.4 is 10.6 Å². The van der Waals surface area contributed by atoms with Crippen LogP contribution in [0, 0.1) is 6.92 Å². The van der Waals surface area contributed by atoms with Crippen LogP contribution in [-0.4, -0.2) is 5.40 Å². The Bertz CT molecular complexity index is 565. The molecule has 0 saturated carbocycles. The van der Waals surface area contributed by atoms with Crippen LogP contribution in [0.5, 0.6) is 0 Å². The van der Waals surface area contributed by atoms with Gasteiger partial charge in [-0.1, -0.05) is 66.5 Å². The van der Waals surface area contributed by atoms with Crippen LogP contribution in [0.1, 0.15) is 23.6 Å². The zero-order valence-electron chi connectivity index (χ0n) is 11.5. The lowest BCUT2D eigenvalue weighted by Gasteiger charge is -2.11. The second kappa shape index (κ2) is 5.74. The van der Waals surface area contributed by atoms with Gasteiger partial charge in [0.15, 0.2) is 0 Å². The predicted molar refractivity (Wildman–Crippen MR) is 90.4 cm³/mol. The van der Waals surface area contributed by atoms with Gasteiger partial charge in [0.2, 0.25) is 0 Å². The minimum absolute atomic E-state index is 0.851. The molecule has 19 heavy (non-hydrogen) atoms. The fraction of sp³-hybridized carbons (Fsp3) is 0.294. The third-order valence-corrected chi connectivity index (χ3v) is 7.53. The summed E-state index contributed by atoms with van der Waals surface area (Å²) in [6, 6.07) is 16.0. The summed E-state index contributed by atoms with van der Waals surface area (Å²) in [6.45, 7) is 4.48. The molecule has 2 aromatic rings. The number of aryl methyl sites for hydroxylation is 2. The molecule has 2 heteroatoms. The molecule has 98 valence electrons. The molecule has 1 heterocycles. The first-order chi connectivity index (χ1) is 9.26. The summed E-state index contributed by atoms with van der Waals surface area (Å²) in [7, 11) is 2.01. The van der Waals surface area contributed by atoms with Crippen LogP contribution in [0.2, 0.25) is 0 Å². The van der Waals surface area contributed by atoms with Gasteiger partial charge in [0.25, 0.3) is 0 Å². The number of benzene rings is 2. The van der Waals surface area contributed by atoms with Gasteiger partial charge in [0.05, 0.1) is 0 Å². The molecule has 2 aromatic carbocycles. The summed E-state index contributed by atoms with van der Waals surface area (Å²) in [4.78, 5) is 0. The maximum Gasteiger partial charge on any atom is 0.00607 e. The first-order valence-electron chi connectivity index (χ1n) is 6.97. The summed E-state index contributed by atoms with van der Waals surface area (Å²) in [5.74, 6) is 0. The SMILES string of the molecule is CCc1ccc(CC2Pc3ccccc3P2)cc1C. The number of rotatable bonds is 3. The van der Waals surface area contributed by atoms with Gasteiger partial charge >= 0.3 is 0 Å². The molecule has 1 aliphatic heterocycles. The number of hydrogen-bond donors (Lipinski definition) is 0. The Hall–Kier alpha value is -0.700. The summed E-state index contributed by atoms with van der Waals surface area (Å²) in [5.41, 5.74) is 4.47. The standard InChI is InChI=1S/C17H20P2/c1-3-14-9-8-13(10-12(14)2)11-17-18-15-6-4-5-7-16(15)19-17/h4-10,17-19H,3,11H2,1-2H3. The van der Waals surface area contributed by atoms with Gasteiger partial charge < -0.3 is 0 Å². The van der Waals surface area contributed by atoms with Crippen molar-refractivity contribution in [2.24, 2.45) is 0 Å². The van der Waals surface area contributed by atoms with E-state index in [1.54, 1.807) is 10.6 Å². The lowest BCUT2D eigenvalue weighted by molar-refractivity contribution is 1.06. The van der Waals surface area contributed by atoms with E-state index < -0.39 is 0 Å².